The lowest BCUT2D eigenvalue weighted by Crippen LogP contribution is -2.38. The fourth-order valence-electron chi connectivity index (χ4n) is 3.69. The zero-order chi connectivity index (χ0) is 22.7. The highest BCUT2D eigenvalue weighted by Crippen LogP contribution is 2.45. The van der Waals surface area contributed by atoms with Crippen LogP contribution in [0.1, 0.15) is 43.7 Å². The van der Waals surface area contributed by atoms with Crippen molar-refractivity contribution in [2.24, 2.45) is 4.99 Å². The van der Waals surface area contributed by atoms with Gasteiger partial charge in [0.05, 0.1) is 17.7 Å². The second kappa shape index (κ2) is 9.75. The average Bonchev–Trinajstić information content (AvgIpc) is 3.42. The molecule has 2 aromatic rings. The van der Waals surface area contributed by atoms with Crippen LogP contribution in [0.15, 0.2) is 75.2 Å². The number of hydrogen-bond donors (Lipinski definition) is 1. The van der Waals surface area contributed by atoms with E-state index in [0.717, 1.165) is 21.3 Å². The Hall–Kier alpha value is -2.84. The van der Waals surface area contributed by atoms with E-state index < -0.39 is 5.97 Å². The molecule has 0 saturated heterocycles. The van der Waals surface area contributed by atoms with Gasteiger partial charge in [0.25, 0.3) is 0 Å². The van der Waals surface area contributed by atoms with Crippen molar-refractivity contribution >= 4 is 40.1 Å². The molecular formula is C24H25N3O3S2. The Kier molecular flexibility index (Phi) is 6.81. The van der Waals surface area contributed by atoms with Gasteiger partial charge >= 0.3 is 5.97 Å². The summed E-state index contributed by atoms with van der Waals surface area (Å²) in [5, 5.41) is 7.65. The summed E-state index contributed by atoms with van der Waals surface area (Å²) in [6, 6.07) is 13.3. The van der Waals surface area contributed by atoms with E-state index in [1.165, 1.54) is 11.8 Å². The molecule has 6 nitrogen and oxygen atoms in total. The van der Waals surface area contributed by atoms with Crippen LogP contribution in [0.2, 0.25) is 0 Å². The summed E-state index contributed by atoms with van der Waals surface area (Å²) in [6.07, 6.45) is 0.220. The van der Waals surface area contributed by atoms with Gasteiger partial charge in [-0.25, -0.2) is 9.79 Å². The van der Waals surface area contributed by atoms with Crippen LogP contribution < -0.4 is 5.32 Å². The lowest BCUT2D eigenvalue weighted by atomic mass is 9.99. The molecule has 0 fully saturated rings. The van der Waals surface area contributed by atoms with Crippen LogP contribution in [-0.4, -0.2) is 28.0 Å². The summed E-state index contributed by atoms with van der Waals surface area (Å²) in [6.45, 7) is 5.90. The second-order valence-corrected chi connectivity index (χ2v) is 9.69. The maximum Gasteiger partial charge on any atom is 0.338 e. The number of thiophene rings is 1. The Morgan fingerprint density at radius 3 is 2.66 bits per heavy atom. The molecule has 2 aliphatic heterocycles. The van der Waals surface area contributed by atoms with Gasteiger partial charge in [-0.2, -0.15) is 0 Å². The first kappa shape index (κ1) is 22.4. The number of aliphatic imine (C=N–C) groups is 1. The number of nitrogens with one attached hydrogen (secondary N) is 1. The number of rotatable bonds is 7. The molecule has 2 aliphatic rings. The number of nitrogens with zero attached hydrogens (tertiary/aromatic N) is 2. The van der Waals surface area contributed by atoms with E-state index in [1.807, 2.05) is 78.9 Å². The van der Waals surface area contributed by atoms with Gasteiger partial charge in [0.15, 0.2) is 5.17 Å². The van der Waals surface area contributed by atoms with Crippen molar-refractivity contribution in [2.75, 3.05) is 0 Å². The van der Waals surface area contributed by atoms with Crippen LogP contribution >= 0.6 is 23.1 Å². The highest BCUT2D eigenvalue weighted by molar-refractivity contribution is 8.16. The number of allylic oxidation sites excluding steroid dienone is 1. The van der Waals surface area contributed by atoms with Gasteiger partial charge in [-0.15, -0.1) is 11.3 Å². The average molecular weight is 468 g/mol. The van der Waals surface area contributed by atoms with Crippen molar-refractivity contribution in [1.29, 1.82) is 0 Å². The molecule has 1 amide bonds. The third-order valence-electron chi connectivity index (χ3n) is 5.04. The molecule has 1 aromatic heterocycles. The first-order valence-electron chi connectivity index (χ1n) is 10.4. The molecule has 4 rings (SSSR count). The first-order chi connectivity index (χ1) is 15.4. The number of fused-ring (bicyclic) bond motifs is 1. The topological polar surface area (TPSA) is 71.0 Å². The summed E-state index contributed by atoms with van der Waals surface area (Å²) >= 11 is 3.05. The van der Waals surface area contributed by atoms with E-state index >= 15 is 0 Å². The second-order valence-electron chi connectivity index (χ2n) is 7.87. The van der Waals surface area contributed by atoms with Crippen LogP contribution in [0.3, 0.4) is 0 Å². The summed E-state index contributed by atoms with van der Waals surface area (Å²) in [5.41, 5.74) is 2.90. The molecule has 0 aliphatic carbocycles. The van der Waals surface area contributed by atoms with Crippen molar-refractivity contribution in [3.05, 3.63) is 80.7 Å². The normalized spacial score (nSPS) is 17.8. The van der Waals surface area contributed by atoms with Gasteiger partial charge in [-0.1, -0.05) is 48.2 Å². The molecule has 0 saturated carbocycles. The molecule has 1 N–H and O–H groups in total. The number of esters is 1. The predicted molar refractivity (Wildman–Crippen MR) is 129 cm³/mol. The molecule has 1 atom stereocenters. The monoisotopic (exact) mass is 467 g/mol. The van der Waals surface area contributed by atoms with Crippen LogP contribution in [0.4, 0.5) is 0 Å². The first-order valence-corrected chi connectivity index (χ1v) is 12.2. The van der Waals surface area contributed by atoms with Crippen LogP contribution in [0.5, 0.6) is 0 Å². The van der Waals surface area contributed by atoms with Crippen LogP contribution in [0, 0.1) is 0 Å². The Balaban J connectivity index is 1.62. The number of amidine groups is 1. The largest absolute Gasteiger partial charge is 0.457 e. The van der Waals surface area contributed by atoms with Gasteiger partial charge < -0.3 is 15.0 Å². The quantitative estimate of drug-likeness (QED) is 0.582. The zero-order valence-corrected chi connectivity index (χ0v) is 19.8. The molecule has 0 spiro atoms. The van der Waals surface area contributed by atoms with Gasteiger partial charge in [-0.3, -0.25) is 4.79 Å². The number of carbonyl (C=O) groups excluding carboxylic acids is 2. The Labute approximate surface area is 196 Å². The fraction of sp³-hybridized carbons (Fsp3) is 0.292. The van der Waals surface area contributed by atoms with E-state index in [2.05, 4.69) is 10.3 Å². The number of thioether (sulfide) groups is 1. The molecule has 166 valence electrons. The summed E-state index contributed by atoms with van der Waals surface area (Å²) in [4.78, 5) is 33.4. The van der Waals surface area contributed by atoms with Crippen molar-refractivity contribution < 1.29 is 14.3 Å². The van der Waals surface area contributed by atoms with Crippen molar-refractivity contribution in [3.63, 3.8) is 0 Å². The highest BCUT2D eigenvalue weighted by atomic mass is 32.2. The van der Waals surface area contributed by atoms with Crippen molar-refractivity contribution in [2.45, 2.75) is 45.9 Å². The zero-order valence-electron chi connectivity index (χ0n) is 18.2. The predicted octanol–water partition coefficient (Wildman–Crippen LogP) is 4.98. The molecule has 32 heavy (non-hydrogen) atoms. The summed E-state index contributed by atoms with van der Waals surface area (Å²) < 4.78 is 5.69. The number of hydrogen-bond acceptors (Lipinski definition) is 7. The summed E-state index contributed by atoms with van der Waals surface area (Å²) in [5.74, 6) is -0.451. The van der Waals surface area contributed by atoms with Crippen molar-refractivity contribution in [1.82, 2.24) is 10.2 Å². The van der Waals surface area contributed by atoms with E-state index in [1.54, 1.807) is 11.3 Å². The lowest BCUT2D eigenvalue weighted by molar-refractivity contribution is -0.141. The Bertz CT molecular complexity index is 1090. The molecule has 0 radical (unpaired) electrons. The van der Waals surface area contributed by atoms with Crippen molar-refractivity contribution in [3.8, 4) is 0 Å². The number of benzene rings is 1. The maximum atomic E-state index is 13.3. The Morgan fingerprint density at radius 1 is 1.19 bits per heavy atom. The summed E-state index contributed by atoms with van der Waals surface area (Å²) in [7, 11) is 0. The van der Waals surface area contributed by atoms with Gasteiger partial charge in [0, 0.05) is 16.6 Å². The molecule has 0 bridgehead atoms. The SMILES string of the molecule is CC1=C(C(=O)OCc2ccccc2)C(c2cccs2)N2C(CC(=O)NC(C)C)=CSC2=N1. The maximum absolute atomic E-state index is 13.3. The van der Waals surface area contributed by atoms with Gasteiger partial charge in [0.2, 0.25) is 5.91 Å². The van der Waals surface area contributed by atoms with Crippen LogP contribution in [-0.2, 0) is 20.9 Å². The molecule has 1 aromatic carbocycles. The standard InChI is InChI=1S/C24H25N3O3S2/c1-15(2)25-20(28)12-18-14-32-24-26-16(3)21(22(27(18)24)19-10-7-11-31-19)23(29)30-13-17-8-5-4-6-9-17/h4-11,14-15,22H,12-13H2,1-3H3,(H,25,28). The number of ether oxygens (including phenoxy) is 1. The van der Waals surface area contributed by atoms with E-state index in [0.29, 0.717) is 11.3 Å². The minimum atomic E-state index is -0.393. The minimum absolute atomic E-state index is 0.0579. The van der Waals surface area contributed by atoms with E-state index in [9.17, 15) is 9.59 Å². The van der Waals surface area contributed by atoms with Gasteiger partial charge in [-0.05, 0) is 43.2 Å². The number of amides is 1. The number of carbonyl (C=O) groups is 2. The smallest absolute Gasteiger partial charge is 0.338 e. The van der Waals surface area contributed by atoms with E-state index in [-0.39, 0.29) is 31.0 Å². The lowest BCUT2D eigenvalue weighted by Gasteiger charge is -2.35. The molecule has 8 heteroatoms. The third kappa shape index (κ3) is 4.81. The van der Waals surface area contributed by atoms with E-state index in [4.69, 9.17) is 4.74 Å². The molecule has 1 unspecified atom stereocenters. The van der Waals surface area contributed by atoms with Gasteiger partial charge in [0.1, 0.15) is 12.6 Å². The molecule has 3 heterocycles. The third-order valence-corrected chi connectivity index (χ3v) is 6.85. The Morgan fingerprint density at radius 2 is 1.97 bits per heavy atom. The minimum Gasteiger partial charge on any atom is -0.457 e. The highest BCUT2D eigenvalue weighted by Gasteiger charge is 2.41. The van der Waals surface area contributed by atoms with Crippen LogP contribution in [0.25, 0.3) is 0 Å². The molecular weight excluding hydrogens is 442 g/mol. The fourth-order valence-corrected chi connectivity index (χ4v) is 5.47.